The number of aryl methyl sites for hydroxylation is 2. The van der Waals surface area contributed by atoms with Gasteiger partial charge in [0.1, 0.15) is 11.8 Å². The summed E-state index contributed by atoms with van der Waals surface area (Å²) in [6, 6.07) is 1.95. The van der Waals surface area contributed by atoms with E-state index in [1.165, 1.54) is 6.33 Å². The number of hydrogen-bond acceptors (Lipinski definition) is 7. The lowest BCUT2D eigenvalue weighted by Crippen LogP contribution is -2.61. The van der Waals surface area contributed by atoms with Crippen LogP contribution >= 0.6 is 0 Å². The highest BCUT2D eigenvalue weighted by molar-refractivity contribution is 5.73. The fourth-order valence-electron chi connectivity index (χ4n) is 7.24. The minimum Gasteiger partial charge on any atom is -0.390 e. The number of imidazole rings is 1. The highest BCUT2D eigenvalue weighted by atomic mass is 16.3. The molecular weight excluding hydrogens is 420 g/mol. The second-order valence-electron chi connectivity index (χ2n) is 10.5. The van der Waals surface area contributed by atoms with Gasteiger partial charge in [-0.1, -0.05) is 0 Å². The molecule has 0 saturated heterocycles. The molecule has 0 radical (unpaired) electrons. The average Bonchev–Trinajstić information content (AvgIpc) is 3.28. The number of rotatable bonds is 3. The van der Waals surface area contributed by atoms with Crippen LogP contribution in [0.25, 0.3) is 16.8 Å². The minimum absolute atomic E-state index is 0.0813. The molecule has 4 saturated carbocycles. The molecule has 4 fully saturated rings. The van der Waals surface area contributed by atoms with E-state index in [0.29, 0.717) is 35.4 Å². The number of aliphatic hydroxyl groups is 1. The van der Waals surface area contributed by atoms with Crippen LogP contribution in [-0.4, -0.2) is 44.4 Å². The van der Waals surface area contributed by atoms with Crippen LogP contribution in [0.5, 0.6) is 0 Å². The van der Waals surface area contributed by atoms with Crippen LogP contribution in [0.3, 0.4) is 0 Å². The van der Waals surface area contributed by atoms with Crippen molar-refractivity contribution in [1.29, 1.82) is 0 Å². The number of pyridine rings is 1. The van der Waals surface area contributed by atoms with Gasteiger partial charge in [-0.2, -0.15) is 10.1 Å². The van der Waals surface area contributed by atoms with Gasteiger partial charge in [-0.25, -0.2) is 19.3 Å². The normalized spacial score (nSPS) is 30.5. The van der Waals surface area contributed by atoms with Crippen LogP contribution in [0.4, 0.5) is 11.6 Å². The van der Waals surface area contributed by atoms with E-state index in [-0.39, 0.29) is 11.2 Å². The molecule has 4 heterocycles. The third-order valence-corrected chi connectivity index (χ3v) is 8.14. The van der Waals surface area contributed by atoms with Crippen LogP contribution in [0, 0.1) is 18.8 Å². The number of nitrogens with one attached hydrogen (secondary N) is 1. The molecule has 2 unspecified atom stereocenters. The van der Waals surface area contributed by atoms with Crippen LogP contribution < -0.4 is 11.0 Å². The highest BCUT2D eigenvalue weighted by Crippen LogP contribution is 2.60. The number of nitrogens with zero attached hydrogens (tertiary/aromatic N) is 7. The van der Waals surface area contributed by atoms with Gasteiger partial charge in [-0.05, 0) is 68.9 Å². The number of aromatic nitrogens is 7. The van der Waals surface area contributed by atoms with Crippen molar-refractivity contribution in [3.63, 3.8) is 0 Å². The SMILES string of the molecule is Cc1cc2ncnn2cc1Nc1ncc2c(n1)n(C13CC4CC(CC(O)(C4)C1)C3)c(=O)n2C. The lowest BCUT2D eigenvalue weighted by atomic mass is 9.51. The Bertz CT molecular complexity index is 1480. The zero-order valence-electron chi connectivity index (χ0n) is 18.7. The molecule has 4 aliphatic rings. The summed E-state index contributed by atoms with van der Waals surface area (Å²) in [6.07, 6.45) is 10.4. The van der Waals surface area contributed by atoms with Gasteiger partial charge >= 0.3 is 5.69 Å². The number of anilines is 2. The molecule has 2 atom stereocenters. The molecule has 4 bridgehead atoms. The zero-order valence-corrected chi connectivity index (χ0v) is 18.7. The first-order valence-corrected chi connectivity index (χ1v) is 11.6. The maximum atomic E-state index is 13.5. The van der Waals surface area contributed by atoms with E-state index in [1.54, 1.807) is 22.3 Å². The fourth-order valence-corrected chi connectivity index (χ4v) is 7.24. The van der Waals surface area contributed by atoms with E-state index in [9.17, 15) is 9.90 Å². The summed E-state index contributed by atoms with van der Waals surface area (Å²) in [5, 5.41) is 18.8. The standard InChI is InChI=1S/C23H26N8O2/c1-13-3-18-25-12-26-30(18)10-16(13)27-20-24-9-17-19(28-20)31(21(32)29(17)2)22-5-14-4-15(6-22)8-23(33,7-14)11-22/h3,9-10,12,14-15,33H,4-8,11H2,1-2H3,(H,24,27,28). The Labute approximate surface area is 189 Å². The molecule has 4 aliphatic carbocycles. The molecule has 4 aromatic rings. The van der Waals surface area contributed by atoms with E-state index >= 15 is 0 Å². The molecule has 0 spiro atoms. The van der Waals surface area contributed by atoms with Crippen LogP contribution in [0.2, 0.25) is 0 Å². The van der Waals surface area contributed by atoms with Gasteiger partial charge < -0.3 is 10.4 Å². The van der Waals surface area contributed by atoms with E-state index < -0.39 is 5.60 Å². The van der Waals surface area contributed by atoms with Gasteiger partial charge in [0.25, 0.3) is 0 Å². The van der Waals surface area contributed by atoms with E-state index in [0.717, 1.165) is 49.0 Å². The first-order valence-electron chi connectivity index (χ1n) is 11.6. The Balaban J connectivity index is 1.36. The lowest BCUT2D eigenvalue weighted by Gasteiger charge is -2.60. The average molecular weight is 447 g/mol. The predicted octanol–water partition coefficient (Wildman–Crippen LogP) is 2.26. The van der Waals surface area contributed by atoms with Crippen molar-refractivity contribution in [3.8, 4) is 0 Å². The van der Waals surface area contributed by atoms with Gasteiger partial charge in [0.05, 0.1) is 29.2 Å². The number of hydrogen-bond donors (Lipinski definition) is 2. The van der Waals surface area contributed by atoms with Crippen molar-refractivity contribution in [2.75, 3.05) is 5.32 Å². The van der Waals surface area contributed by atoms with Crippen molar-refractivity contribution in [1.82, 2.24) is 33.7 Å². The second-order valence-corrected chi connectivity index (χ2v) is 10.5. The molecular formula is C23H26N8O2. The molecule has 170 valence electrons. The van der Waals surface area contributed by atoms with Gasteiger partial charge in [0, 0.05) is 7.05 Å². The van der Waals surface area contributed by atoms with Crippen LogP contribution in [-0.2, 0) is 12.6 Å². The second kappa shape index (κ2) is 6.19. The zero-order chi connectivity index (χ0) is 22.5. The molecule has 10 heteroatoms. The Morgan fingerprint density at radius 3 is 2.73 bits per heavy atom. The molecule has 0 amide bonds. The summed E-state index contributed by atoms with van der Waals surface area (Å²) in [6.45, 7) is 1.99. The van der Waals surface area contributed by atoms with Crippen molar-refractivity contribution in [2.24, 2.45) is 18.9 Å². The fraction of sp³-hybridized carbons (Fsp3) is 0.522. The van der Waals surface area contributed by atoms with Gasteiger partial charge in [-0.3, -0.25) is 9.13 Å². The molecule has 0 aromatic carbocycles. The van der Waals surface area contributed by atoms with Gasteiger partial charge in [-0.15, -0.1) is 0 Å². The summed E-state index contributed by atoms with van der Waals surface area (Å²) < 4.78 is 5.21. The predicted molar refractivity (Wildman–Crippen MR) is 121 cm³/mol. The Morgan fingerprint density at radius 2 is 1.97 bits per heavy atom. The summed E-state index contributed by atoms with van der Waals surface area (Å²) >= 11 is 0. The third kappa shape index (κ3) is 2.67. The smallest absolute Gasteiger partial charge is 0.330 e. The molecule has 33 heavy (non-hydrogen) atoms. The largest absolute Gasteiger partial charge is 0.390 e. The van der Waals surface area contributed by atoms with Crippen molar-refractivity contribution < 1.29 is 5.11 Å². The topological polar surface area (TPSA) is 115 Å². The summed E-state index contributed by atoms with van der Waals surface area (Å²) in [5.74, 6) is 1.36. The molecule has 8 rings (SSSR count). The van der Waals surface area contributed by atoms with E-state index in [1.807, 2.05) is 23.8 Å². The van der Waals surface area contributed by atoms with Gasteiger partial charge in [0.15, 0.2) is 11.3 Å². The third-order valence-electron chi connectivity index (χ3n) is 8.14. The van der Waals surface area contributed by atoms with Gasteiger partial charge in [0.2, 0.25) is 5.95 Å². The Kier molecular flexibility index (Phi) is 3.61. The van der Waals surface area contributed by atoms with Crippen molar-refractivity contribution in [3.05, 3.63) is 40.8 Å². The summed E-state index contributed by atoms with van der Waals surface area (Å²) in [5.41, 5.74) is 2.80. The molecule has 2 N–H and O–H groups in total. The quantitative estimate of drug-likeness (QED) is 0.496. The first-order chi connectivity index (χ1) is 15.8. The summed E-state index contributed by atoms with van der Waals surface area (Å²) in [7, 11) is 1.77. The first kappa shape index (κ1) is 19.2. The lowest BCUT2D eigenvalue weighted by molar-refractivity contribution is -0.156. The maximum Gasteiger partial charge on any atom is 0.330 e. The van der Waals surface area contributed by atoms with Crippen LogP contribution in [0.1, 0.15) is 44.1 Å². The van der Waals surface area contributed by atoms with Crippen LogP contribution in [0.15, 0.2) is 29.6 Å². The van der Waals surface area contributed by atoms with E-state index in [2.05, 4.69) is 20.4 Å². The Hall–Kier alpha value is -3.27. The maximum absolute atomic E-state index is 13.5. The Morgan fingerprint density at radius 1 is 1.18 bits per heavy atom. The number of fused-ring (bicyclic) bond motifs is 2. The minimum atomic E-state index is -0.663. The van der Waals surface area contributed by atoms with Crippen molar-refractivity contribution in [2.45, 2.75) is 56.6 Å². The van der Waals surface area contributed by atoms with E-state index in [4.69, 9.17) is 4.98 Å². The molecule has 4 aromatic heterocycles. The molecule has 10 nitrogen and oxygen atoms in total. The van der Waals surface area contributed by atoms with Crippen molar-refractivity contribution >= 4 is 28.4 Å². The molecule has 0 aliphatic heterocycles. The highest BCUT2D eigenvalue weighted by Gasteiger charge is 2.59. The monoisotopic (exact) mass is 446 g/mol. The summed E-state index contributed by atoms with van der Waals surface area (Å²) in [4.78, 5) is 27.0.